The molecule has 0 aliphatic heterocycles. The molecule has 0 spiro atoms. The SMILES string of the molecule is CCCCCCCCCCCCCCCCCn1cc[n+](CCCCCCCCCCCCCCCCC)c1CC. The van der Waals surface area contributed by atoms with Crippen LogP contribution in [0, 0.1) is 0 Å². The maximum absolute atomic E-state index is 2.55. The third kappa shape index (κ3) is 23.4. The van der Waals surface area contributed by atoms with E-state index in [1.807, 2.05) is 0 Å². The van der Waals surface area contributed by atoms with Crippen LogP contribution in [0.1, 0.15) is 219 Å². The van der Waals surface area contributed by atoms with Gasteiger partial charge < -0.3 is 0 Å². The van der Waals surface area contributed by atoms with Crippen molar-refractivity contribution < 1.29 is 4.57 Å². The van der Waals surface area contributed by atoms with Crippen molar-refractivity contribution in [1.82, 2.24) is 4.57 Å². The normalized spacial score (nSPS) is 11.6. The van der Waals surface area contributed by atoms with Crippen LogP contribution >= 0.6 is 0 Å². The number of hydrogen-bond acceptors (Lipinski definition) is 0. The molecule has 1 aromatic rings. The number of unbranched alkanes of at least 4 members (excludes halogenated alkanes) is 28. The summed E-state index contributed by atoms with van der Waals surface area (Å²) >= 11 is 0. The average molecular weight is 574 g/mol. The minimum Gasteiger partial charge on any atom is -0.234 e. The minimum atomic E-state index is 1.16. The molecule has 0 aliphatic rings. The summed E-state index contributed by atoms with van der Waals surface area (Å²) in [6.45, 7) is 9.38. The molecule has 0 fully saturated rings. The number of hydrogen-bond donors (Lipinski definition) is 0. The number of aryl methyl sites for hydroxylation is 2. The average Bonchev–Trinajstić information content (AvgIpc) is 3.38. The highest BCUT2D eigenvalue weighted by Gasteiger charge is 2.14. The van der Waals surface area contributed by atoms with Crippen molar-refractivity contribution in [2.24, 2.45) is 0 Å². The van der Waals surface area contributed by atoms with Gasteiger partial charge in [0.15, 0.2) is 0 Å². The summed E-state index contributed by atoms with van der Waals surface area (Å²) in [6.07, 6.45) is 49.1. The Morgan fingerprint density at radius 1 is 0.415 bits per heavy atom. The fourth-order valence-corrected chi connectivity index (χ4v) is 6.62. The molecule has 1 heterocycles. The molecule has 0 N–H and O–H groups in total. The summed E-state index contributed by atoms with van der Waals surface area (Å²) in [6, 6.07) is 0. The zero-order valence-corrected chi connectivity index (χ0v) is 28.9. The second-order valence-corrected chi connectivity index (χ2v) is 13.4. The molecule has 2 nitrogen and oxygen atoms in total. The molecule has 0 saturated carbocycles. The minimum absolute atomic E-state index is 1.16. The Morgan fingerprint density at radius 3 is 1.07 bits per heavy atom. The highest BCUT2D eigenvalue weighted by Crippen LogP contribution is 2.15. The first-order valence-electron chi connectivity index (χ1n) is 19.4. The van der Waals surface area contributed by atoms with Crippen molar-refractivity contribution >= 4 is 0 Å². The predicted octanol–water partition coefficient (Wildman–Crippen LogP) is 13.1. The Hall–Kier alpha value is -0.790. The zero-order valence-electron chi connectivity index (χ0n) is 28.9. The maximum atomic E-state index is 2.55. The summed E-state index contributed by atoms with van der Waals surface area (Å²) in [7, 11) is 0. The third-order valence-electron chi connectivity index (χ3n) is 9.41. The van der Waals surface area contributed by atoms with Gasteiger partial charge in [0.1, 0.15) is 12.4 Å². The lowest BCUT2D eigenvalue weighted by Gasteiger charge is -2.05. The quantitative estimate of drug-likeness (QED) is 0.0584. The van der Waals surface area contributed by atoms with Crippen LogP contribution in [0.3, 0.4) is 0 Å². The van der Waals surface area contributed by atoms with Crippen LogP contribution in [0.15, 0.2) is 12.4 Å². The topological polar surface area (TPSA) is 8.81 Å². The molecule has 1 aromatic heterocycles. The fraction of sp³-hybridized carbons (Fsp3) is 0.923. The van der Waals surface area contributed by atoms with Crippen LogP contribution in [0.4, 0.5) is 0 Å². The molecule has 0 saturated heterocycles. The van der Waals surface area contributed by atoms with Crippen LogP contribution in [0.5, 0.6) is 0 Å². The van der Waals surface area contributed by atoms with Crippen LogP contribution in [0.2, 0.25) is 0 Å². The van der Waals surface area contributed by atoms with E-state index >= 15 is 0 Å². The van der Waals surface area contributed by atoms with Gasteiger partial charge in [0.2, 0.25) is 0 Å². The number of rotatable bonds is 33. The Balaban J connectivity index is 1.93. The van der Waals surface area contributed by atoms with E-state index in [0.717, 1.165) is 6.42 Å². The van der Waals surface area contributed by atoms with Gasteiger partial charge in [0.25, 0.3) is 5.82 Å². The lowest BCUT2D eigenvalue weighted by Crippen LogP contribution is -2.37. The summed E-state index contributed by atoms with van der Waals surface area (Å²) in [5.41, 5.74) is 0. The number of nitrogens with zero attached hydrogens (tertiary/aromatic N) is 2. The van der Waals surface area contributed by atoms with Gasteiger partial charge in [-0.3, -0.25) is 0 Å². The van der Waals surface area contributed by atoms with Crippen LogP contribution < -0.4 is 4.57 Å². The summed E-state index contributed by atoms with van der Waals surface area (Å²) in [5, 5.41) is 0. The van der Waals surface area contributed by atoms with E-state index < -0.39 is 0 Å². The second kappa shape index (κ2) is 30.7. The van der Waals surface area contributed by atoms with Gasteiger partial charge in [-0.1, -0.05) is 188 Å². The lowest BCUT2D eigenvalue weighted by atomic mass is 10.0. The first kappa shape index (κ1) is 38.2. The van der Waals surface area contributed by atoms with Crippen molar-refractivity contribution in [2.75, 3.05) is 0 Å². The first-order chi connectivity index (χ1) is 20.3. The molecule has 0 aliphatic carbocycles. The maximum Gasteiger partial charge on any atom is 0.256 e. The van der Waals surface area contributed by atoms with Crippen molar-refractivity contribution in [3.8, 4) is 0 Å². The van der Waals surface area contributed by atoms with Gasteiger partial charge in [0.05, 0.1) is 13.1 Å². The third-order valence-corrected chi connectivity index (χ3v) is 9.41. The van der Waals surface area contributed by atoms with E-state index in [-0.39, 0.29) is 0 Å². The van der Waals surface area contributed by atoms with Gasteiger partial charge in [-0.2, -0.15) is 0 Å². The van der Waals surface area contributed by atoms with Gasteiger partial charge in [-0.25, -0.2) is 9.13 Å². The van der Waals surface area contributed by atoms with E-state index in [0.29, 0.717) is 0 Å². The highest BCUT2D eigenvalue weighted by molar-refractivity contribution is 4.83. The van der Waals surface area contributed by atoms with Crippen LogP contribution in [-0.4, -0.2) is 4.57 Å². The van der Waals surface area contributed by atoms with Crippen molar-refractivity contribution in [2.45, 2.75) is 233 Å². The monoisotopic (exact) mass is 574 g/mol. The van der Waals surface area contributed by atoms with E-state index in [2.05, 4.69) is 42.3 Å². The van der Waals surface area contributed by atoms with Crippen molar-refractivity contribution in [3.63, 3.8) is 0 Å². The second-order valence-electron chi connectivity index (χ2n) is 13.4. The Labute approximate surface area is 259 Å². The van der Waals surface area contributed by atoms with Crippen LogP contribution in [-0.2, 0) is 19.5 Å². The Morgan fingerprint density at radius 2 is 0.732 bits per heavy atom. The molecule has 0 atom stereocenters. The van der Waals surface area contributed by atoms with E-state index in [1.165, 1.54) is 206 Å². The molecule has 0 aromatic carbocycles. The fourth-order valence-electron chi connectivity index (χ4n) is 6.62. The van der Waals surface area contributed by atoms with Gasteiger partial charge in [-0.15, -0.1) is 0 Å². The molecule has 41 heavy (non-hydrogen) atoms. The Kier molecular flexibility index (Phi) is 28.6. The predicted molar refractivity (Wildman–Crippen MR) is 184 cm³/mol. The first-order valence-corrected chi connectivity index (χ1v) is 19.4. The zero-order chi connectivity index (χ0) is 29.5. The number of imidazole rings is 1. The molecule has 242 valence electrons. The molecule has 0 unspecified atom stereocenters. The molecular formula is C39H77N2+. The highest BCUT2D eigenvalue weighted by atomic mass is 15.1. The largest absolute Gasteiger partial charge is 0.256 e. The summed E-state index contributed by atoms with van der Waals surface area (Å²) in [4.78, 5) is 0. The van der Waals surface area contributed by atoms with Crippen molar-refractivity contribution in [3.05, 3.63) is 18.2 Å². The van der Waals surface area contributed by atoms with E-state index in [1.54, 1.807) is 5.82 Å². The van der Waals surface area contributed by atoms with E-state index in [4.69, 9.17) is 0 Å². The molecule has 0 radical (unpaired) electrons. The van der Waals surface area contributed by atoms with Gasteiger partial charge in [-0.05, 0) is 25.7 Å². The van der Waals surface area contributed by atoms with Crippen LogP contribution in [0.25, 0.3) is 0 Å². The molecule has 1 rings (SSSR count). The molecule has 2 heteroatoms. The molecular weight excluding hydrogens is 496 g/mol. The standard InChI is InChI=1S/C39H77N2/c1-4-7-9-11-13-15-17-19-21-23-25-27-29-31-33-35-40-37-38-41(39(40)6-3)36-34-32-30-28-26-24-22-20-18-16-14-12-10-8-5-2/h37-38H,4-36H2,1-3H3/q+1. The number of aromatic nitrogens is 2. The molecule has 0 amide bonds. The van der Waals surface area contributed by atoms with Gasteiger partial charge >= 0.3 is 0 Å². The van der Waals surface area contributed by atoms with E-state index in [9.17, 15) is 0 Å². The lowest BCUT2D eigenvalue weighted by molar-refractivity contribution is -0.704. The summed E-state index contributed by atoms with van der Waals surface area (Å²) in [5.74, 6) is 1.54. The summed E-state index contributed by atoms with van der Waals surface area (Å²) < 4.78 is 5.10. The van der Waals surface area contributed by atoms with Gasteiger partial charge in [0, 0.05) is 6.42 Å². The molecule has 0 bridgehead atoms. The Bertz CT molecular complexity index is 582. The smallest absolute Gasteiger partial charge is 0.234 e. The van der Waals surface area contributed by atoms with Crippen molar-refractivity contribution in [1.29, 1.82) is 0 Å².